The Morgan fingerprint density at radius 3 is 2.96 bits per heavy atom. The van der Waals surface area contributed by atoms with Crippen molar-refractivity contribution in [2.45, 2.75) is 25.3 Å². The van der Waals surface area contributed by atoms with Crippen molar-refractivity contribution in [2.75, 3.05) is 0 Å². The topological polar surface area (TPSA) is 72.7 Å². The van der Waals surface area contributed by atoms with E-state index in [0.29, 0.717) is 11.2 Å². The minimum absolute atomic E-state index is 0.0509. The van der Waals surface area contributed by atoms with Crippen molar-refractivity contribution in [3.05, 3.63) is 83.6 Å². The van der Waals surface area contributed by atoms with Crippen molar-refractivity contribution in [1.29, 1.82) is 0 Å². The first-order valence-corrected chi connectivity index (χ1v) is 9.45. The SMILES string of the molecule is O=C(N[C@@H]1CCCc2ccccc21)c1cccc(-n2nnc3cccnc32)c1. The van der Waals surface area contributed by atoms with E-state index in [1.807, 2.05) is 42.5 Å². The molecule has 0 saturated carbocycles. The van der Waals surface area contributed by atoms with Gasteiger partial charge in [-0.3, -0.25) is 4.79 Å². The molecule has 2 aromatic heterocycles. The standard InChI is InChI=1S/C22H19N5O/c28-22(24-19-11-4-7-15-6-1-2-10-18(15)19)16-8-3-9-17(14-16)27-21-20(25-26-27)12-5-13-23-21/h1-3,5-6,8-10,12-14,19H,4,7,11H2,(H,24,28)/t19-/m1/s1. The lowest BCUT2D eigenvalue weighted by Crippen LogP contribution is -2.31. The highest BCUT2D eigenvalue weighted by Gasteiger charge is 2.22. The number of nitrogens with one attached hydrogen (secondary N) is 1. The third-order valence-corrected chi connectivity index (χ3v) is 5.24. The van der Waals surface area contributed by atoms with Crippen LogP contribution in [0, 0.1) is 0 Å². The van der Waals surface area contributed by atoms with Gasteiger partial charge in [-0.05, 0) is 60.7 Å². The highest BCUT2D eigenvalue weighted by molar-refractivity contribution is 5.95. The van der Waals surface area contributed by atoms with E-state index in [9.17, 15) is 4.79 Å². The van der Waals surface area contributed by atoms with Crippen molar-refractivity contribution < 1.29 is 4.79 Å². The number of pyridine rings is 1. The molecular weight excluding hydrogens is 350 g/mol. The monoisotopic (exact) mass is 369 g/mol. The van der Waals surface area contributed by atoms with Gasteiger partial charge in [0.15, 0.2) is 5.65 Å². The van der Waals surface area contributed by atoms with Crippen LogP contribution in [0.15, 0.2) is 66.9 Å². The van der Waals surface area contributed by atoms with Gasteiger partial charge in [0, 0.05) is 11.8 Å². The maximum absolute atomic E-state index is 12.9. The highest BCUT2D eigenvalue weighted by atomic mass is 16.1. The molecule has 1 amide bonds. The number of hydrogen-bond acceptors (Lipinski definition) is 4. The predicted octanol–water partition coefficient (Wildman–Crippen LogP) is 3.62. The van der Waals surface area contributed by atoms with Gasteiger partial charge in [-0.15, -0.1) is 5.10 Å². The Labute approximate surface area is 162 Å². The van der Waals surface area contributed by atoms with Crippen molar-refractivity contribution in [1.82, 2.24) is 25.3 Å². The third-order valence-electron chi connectivity index (χ3n) is 5.24. The van der Waals surface area contributed by atoms with Gasteiger partial charge < -0.3 is 5.32 Å². The molecule has 1 aliphatic carbocycles. The Kier molecular flexibility index (Phi) is 4.09. The van der Waals surface area contributed by atoms with E-state index in [2.05, 4.69) is 38.8 Å². The molecule has 1 N–H and O–H groups in total. The first-order valence-electron chi connectivity index (χ1n) is 9.45. The summed E-state index contributed by atoms with van der Waals surface area (Å²) in [6.45, 7) is 0. The summed E-state index contributed by atoms with van der Waals surface area (Å²) in [5.41, 5.74) is 5.30. The van der Waals surface area contributed by atoms with Crippen LogP contribution in [0.3, 0.4) is 0 Å². The molecule has 0 aliphatic heterocycles. The molecular formula is C22H19N5O. The summed E-state index contributed by atoms with van der Waals surface area (Å²) >= 11 is 0. The molecule has 2 heterocycles. The number of hydrogen-bond donors (Lipinski definition) is 1. The zero-order valence-corrected chi connectivity index (χ0v) is 15.2. The Balaban J connectivity index is 1.43. The molecule has 2 aromatic carbocycles. The van der Waals surface area contributed by atoms with Crippen LogP contribution in [-0.2, 0) is 6.42 Å². The first-order chi connectivity index (χ1) is 13.8. The van der Waals surface area contributed by atoms with Crippen molar-refractivity contribution in [3.63, 3.8) is 0 Å². The number of aromatic nitrogens is 4. The number of carbonyl (C=O) groups excluding carboxylic acids is 1. The van der Waals surface area contributed by atoms with Crippen LogP contribution in [0.4, 0.5) is 0 Å². The van der Waals surface area contributed by atoms with Crippen LogP contribution in [0.25, 0.3) is 16.9 Å². The highest BCUT2D eigenvalue weighted by Crippen LogP contribution is 2.29. The fraction of sp³-hybridized carbons (Fsp3) is 0.182. The summed E-state index contributed by atoms with van der Waals surface area (Å²) in [6, 6.07) is 19.5. The smallest absolute Gasteiger partial charge is 0.251 e. The number of carbonyl (C=O) groups is 1. The maximum Gasteiger partial charge on any atom is 0.251 e. The molecule has 5 rings (SSSR count). The van der Waals surface area contributed by atoms with Crippen LogP contribution in [0.1, 0.15) is 40.4 Å². The molecule has 0 unspecified atom stereocenters. The Morgan fingerprint density at radius 2 is 2.00 bits per heavy atom. The second kappa shape index (κ2) is 6.88. The molecule has 1 atom stereocenters. The van der Waals surface area contributed by atoms with Crippen LogP contribution in [0.5, 0.6) is 0 Å². The van der Waals surface area contributed by atoms with Gasteiger partial charge in [0.05, 0.1) is 11.7 Å². The van der Waals surface area contributed by atoms with Gasteiger partial charge in [-0.2, -0.15) is 4.68 Å². The molecule has 6 heteroatoms. The summed E-state index contributed by atoms with van der Waals surface area (Å²) in [6.07, 6.45) is 4.82. The molecule has 0 radical (unpaired) electrons. The van der Waals surface area contributed by atoms with Crippen molar-refractivity contribution >= 4 is 17.1 Å². The zero-order valence-electron chi connectivity index (χ0n) is 15.2. The average molecular weight is 369 g/mol. The average Bonchev–Trinajstić information content (AvgIpc) is 3.18. The summed E-state index contributed by atoms with van der Waals surface area (Å²) in [4.78, 5) is 17.3. The lowest BCUT2D eigenvalue weighted by Gasteiger charge is -2.26. The number of fused-ring (bicyclic) bond motifs is 2. The maximum atomic E-state index is 12.9. The molecule has 0 bridgehead atoms. The number of nitrogens with zero attached hydrogens (tertiary/aromatic N) is 4. The van der Waals surface area contributed by atoms with Gasteiger partial charge in [-0.25, -0.2) is 4.98 Å². The van der Waals surface area contributed by atoms with Crippen LogP contribution in [0.2, 0.25) is 0 Å². The summed E-state index contributed by atoms with van der Waals surface area (Å²) in [5, 5.41) is 11.5. The van der Waals surface area contributed by atoms with E-state index >= 15 is 0 Å². The molecule has 4 aromatic rings. The van der Waals surface area contributed by atoms with Gasteiger partial charge in [0.25, 0.3) is 5.91 Å². The first kappa shape index (κ1) is 16.6. The number of rotatable bonds is 3. The van der Waals surface area contributed by atoms with E-state index in [-0.39, 0.29) is 11.9 Å². The number of aryl methyl sites for hydroxylation is 1. The second-order valence-corrected chi connectivity index (χ2v) is 7.01. The molecule has 138 valence electrons. The van der Waals surface area contributed by atoms with Crippen molar-refractivity contribution in [2.24, 2.45) is 0 Å². The molecule has 1 aliphatic rings. The molecule has 0 saturated heterocycles. The normalized spacial score (nSPS) is 15.9. The van der Waals surface area contributed by atoms with Gasteiger partial charge >= 0.3 is 0 Å². The van der Waals surface area contributed by atoms with Gasteiger partial charge in [0.2, 0.25) is 0 Å². The third kappa shape index (κ3) is 2.93. The summed E-state index contributed by atoms with van der Waals surface area (Å²) < 4.78 is 1.65. The predicted molar refractivity (Wildman–Crippen MR) is 106 cm³/mol. The van der Waals surface area contributed by atoms with Crippen LogP contribution in [-0.4, -0.2) is 25.9 Å². The van der Waals surface area contributed by atoms with Gasteiger partial charge in [-0.1, -0.05) is 35.5 Å². The Bertz CT molecular complexity index is 1170. The van der Waals surface area contributed by atoms with E-state index in [1.54, 1.807) is 10.9 Å². The largest absolute Gasteiger partial charge is 0.345 e. The number of amides is 1. The Morgan fingerprint density at radius 1 is 1.07 bits per heavy atom. The van der Waals surface area contributed by atoms with E-state index in [1.165, 1.54) is 11.1 Å². The minimum atomic E-state index is -0.0825. The lowest BCUT2D eigenvalue weighted by molar-refractivity contribution is 0.0932. The van der Waals surface area contributed by atoms with E-state index in [4.69, 9.17) is 0 Å². The van der Waals surface area contributed by atoms with E-state index in [0.717, 1.165) is 30.5 Å². The molecule has 0 spiro atoms. The summed E-state index contributed by atoms with van der Waals surface area (Å²) in [5.74, 6) is -0.0825. The molecule has 6 nitrogen and oxygen atoms in total. The van der Waals surface area contributed by atoms with Gasteiger partial charge in [0.1, 0.15) is 5.52 Å². The van der Waals surface area contributed by atoms with Crippen LogP contribution >= 0.6 is 0 Å². The zero-order chi connectivity index (χ0) is 18.9. The second-order valence-electron chi connectivity index (χ2n) is 7.01. The quantitative estimate of drug-likeness (QED) is 0.599. The molecule has 28 heavy (non-hydrogen) atoms. The Hall–Kier alpha value is -3.54. The minimum Gasteiger partial charge on any atom is -0.345 e. The summed E-state index contributed by atoms with van der Waals surface area (Å²) in [7, 11) is 0. The van der Waals surface area contributed by atoms with E-state index < -0.39 is 0 Å². The fourth-order valence-electron chi connectivity index (χ4n) is 3.86. The van der Waals surface area contributed by atoms with Crippen LogP contribution < -0.4 is 5.32 Å². The lowest BCUT2D eigenvalue weighted by atomic mass is 9.87. The fourth-order valence-corrected chi connectivity index (χ4v) is 3.86. The molecule has 0 fully saturated rings. The van der Waals surface area contributed by atoms with Crippen molar-refractivity contribution in [3.8, 4) is 5.69 Å². The number of benzene rings is 2.